The summed E-state index contributed by atoms with van der Waals surface area (Å²) in [5.41, 5.74) is 3.63. The van der Waals surface area contributed by atoms with Crippen LogP contribution in [0.15, 0.2) is 111 Å². The topological polar surface area (TPSA) is 218 Å². The predicted octanol–water partition coefficient (Wildman–Crippen LogP) is 11.2. The molecule has 0 aliphatic heterocycles. The summed E-state index contributed by atoms with van der Waals surface area (Å²) >= 11 is 30.8. The average molecular weight is 1030 g/mol. The van der Waals surface area contributed by atoms with Crippen molar-refractivity contribution in [1.29, 1.82) is 0 Å². The Morgan fingerprint density at radius 3 is 1.40 bits per heavy atom. The van der Waals surface area contributed by atoms with Crippen LogP contribution < -0.4 is 30.7 Å². The van der Waals surface area contributed by atoms with Crippen LogP contribution in [0.5, 0.6) is 11.5 Å². The van der Waals surface area contributed by atoms with Crippen LogP contribution >= 0.6 is 58.0 Å². The third kappa shape index (κ3) is 14.5. The van der Waals surface area contributed by atoms with Crippen LogP contribution in [0.4, 0.5) is 34.1 Å². The number of amides is 4. The number of ketones is 2. The number of anilines is 4. The number of azo groups is 2. The van der Waals surface area contributed by atoms with Gasteiger partial charge in [0.15, 0.2) is 11.6 Å². The number of carbonyl (C=O) groups is 6. The Morgan fingerprint density at radius 2 is 0.985 bits per heavy atom. The smallest absolute Gasteiger partial charge is 0.258 e. The maximum absolute atomic E-state index is 13.5. The van der Waals surface area contributed by atoms with E-state index in [-0.39, 0.29) is 49.8 Å². The molecule has 0 radical (unpaired) electrons. The minimum atomic E-state index is -1.63. The highest BCUT2D eigenvalue weighted by Crippen LogP contribution is 2.30. The average Bonchev–Trinajstić information content (AvgIpc) is 3.30. The summed E-state index contributed by atoms with van der Waals surface area (Å²) in [6.07, 6.45) is 0.967. The molecule has 68 heavy (non-hydrogen) atoms. The van der Waals surface area contributed by atoms with E-state index in [1.165, 1.54) is 68.8 Å². The van der Waals surface area contributed by atoms with Crippen LogP contribution in [0.1, 0.15) is 51.3 Å². The summed E-state index contributed by atoms with van der Waals surface area (Å²) in [6, 6.07) is 19.9. The summed E-state index contributed by atoms with van der Waals surface area (Å²) < 4.78 is 10.6. The molecule has 0 aliphatic rings. The normalized spacial score (nSPS) is 12.0. The molecule has 5 aromatic carbocycles. The second-order valence-corrected chi connectivity index (χ2v) is 16.6. The van der Waals surface area contributed by atoms with Gasteiger partial charge in [-0.2, -0.15) is 20.5 Å². The van der Waals surface area contributed by atoms with E-state index in [1.54, 1.807) is 36.4 Å². The summed E-state index contributed by atoms with van der Waals surface area (Å²) in [5, 5.41) is 27.2. The lowest BCUT2D eigenvalue weighted by Gasteiger charge is -2.15. The fourth-order valence-corrected chi connectivity index (χ4v) is 7.44. The summed E-state index contributed by atoms with van der Waals surface area (Å²) in [5.74, 6) is -2.54. The number of nitrogens with one attached hydrogen (secondary N) is 4. The number of carbonyl (C=O) groups excluding carboxylic acids is 6. The van der Waals surface area contributed by atoms with Crippen molar-refractivity contribution in [2.75, 3.05) is 47.2 Å². The van der Waals surface area contributed by atoms with Gasteiger partial charge in [-0.3, -0.25) is 28.8 Å². The molecule has 0 heterocycles. The Balaban J connectivity index is 1.27. The summed E-state index contributed by atoms with van der Waals surface area (Å²) in [7, 11) is 3.00. The van der Waals surface area contributed by atoms with Gasteiger partial charge in [0.05, 0.1) is 25.6 Å². The number of hydrogen-bond acceptors (Lipinski definition) is 12. The summed E-state index contributed by atoms with van der Waals surface area (Å²) in [4.78, 5) is 78.8. The van der Waals surface area contributed by atoms with Crippen molar-refractivity contribution in [2.24, 2.45) is 20.5 Å². The Hall–Kier alpha value is -6.43. The minimum Gasteiger partial charge on any atom is -0.497 e. The molecule has 21 heteroatoms. The van der Waals surface area contributed by atoms with Gasteiger partial charge in [0.1, 0.15) is 11.5 Å². The molecule has 354 valence electrons. The first-order chi connectivity index (χ1) is 32.5. The van der Waals surface area contributed by atoms with Gasteiger partial charge in [-0.15, -0.1) is 34.8 Å². The zero-order chi connectivity index (χ0) is 49.5. The zero-order valence-electron chi connectivity index (χ0n) is 36.8. The first kappa shape index (κ1) is 52.5. The van der Waals surface area contributed by atoms with Crippen molar-refractivity contribution in [3.63, 3.8) is 0 Å². The quantitative estimate of drug-likeness (QED) is 0.0314. The maximum atomic E-state index is 13.5. The van der Waals surface area contributed by atoms with Crippen LogP contribution in [0.2, 0.25) is 10.0 Å². The van der Waals surface area contributed by atoms with Crippen molar-refractivity contribution in [3.05, 3.63) is 129 Å². The number of benzene rings is 5. The number of nitrogens with zero attached hydrogens (tertiary/aromatic N) is 4. The van der Waals surface area contributed by atoms with Gasteiger partial charge in [-0.1, -0.05) is 35.3 Å². The highest BCUT2D eigenvalue weighted by molar-refractivity contribution is 6.32. The standard InChI is InChI=1S/C47H43Cl5N8O8/c1-25(61)42(59-57-35-17-29(15-32(51)20-35)44(63)55-40-22-37(67-3)8-5-27(40)11-13-48)46(65)53-34-7-10-39(31(19-34)24-50)54-47(66)43(26(2)62)60-58-36-18-30(16-33(52)21-36)45(64)56-41-23-38(68-4)9-6-28(41)12-14-49/h5-10,15-23,42-43H,11-14,24H2,1-4H3,(H,53,65)(H,54,66)(H,55,63)(H,56,64). The molecule has 0 spiro atoms. The van der Waals surface area contributed by atoms with E-state index < -0.39 is 47.3 Å². The molecule has 4 N–H and O–H groups in total. The second-order valence-electron chi connectivity index (χ2n) is 14.7. The van der Waals surface area contributed by atoms with Gasteiger partial charge in [0.2, 0.25) is 12.1 Å². The molecule has 2 atom stereocenters. The molecule has 2 unspecified atom stereocenters. The minimum absolute atomic E-state index is 0.0839. The number of aryl methyl sites for hydroxylation is 2. The fourth-order valence-electron chi connectivity index (χ4n) is 6.35. The fraction of sp³-hybridized carbons (Fsp3) is 0.234. The molecular weight excluding hydrogens is 982 g/mol. The van der Waals surface area contributed by atoms with Crippen LogP contribution in [0, 0.1) is 0 Å². The van der Waals surface area contributed by atoms with E-state index in [4.69, 9.17) is 67.5 Å². The lowest BCUT2D eigenvalue weighted by molar-refractivity contribution is -0.127. The molecule has 4 amide bonds. The number of Topliss-reactive ketones (excluding diaryl/α,β-unsaturated/α-hetero) is 2. The van der Waals surface area contributed by atoms with Crippen molar-refractivity contribution in [1.82, 2.24) is 0 Å². The molecule has 16 nitrogen and oxygen atoms in total. The second kappa shape index (κ2) is 25.1. The molecule has 0 saturated heterocycles. The molecule has 0 aliphatic carbocycles. The molecule has 5 aromatic rings. The highest BCUT2D eigenvalue weighted by atomic mass is 35.5. The van der Waals surface area contributed by atoms with E-state index in [0.717, 1.165) is 25.0 Å². The lowest BCUT2D eigenvalue weighted by atomic mass is 10.1. The van der Waals surface area contributed by atoms with Gasteiger partial charge in [-0.25, -0.2) is 0 Å². The Bertz CT molecular complexity index is 2790. The molecule has 0 aromatic heterocycles. The number of halogens is 5. The number of hydrogen-bond donors (Lipinski definition) is 4. The van der Waals surface area contributed by atoms with E-state index >= 15 is 0 Å². The first-order valence-corrected chi connectivity index (χ1v) is 22.7. The van der Waals surface area contributed by atoms with E-state index in [0.29, 0.717) is 53.0 Å². The Kier molecular flexibility index (Phi) is 19.4. The van der Waals surface area contributed by atoms with Crippen LogP contribution in [-0.4, -0.2) is 73.3 Å². The van der Waals surface area contributed by atoms with Crippen LogP contribution in [-0.2, 0) is 37.9 Å². The molecule has 0 fully saturated rings. The van der Waals surface area contributed by atoms with Crippen LogP contribution in [0.25, 0.3) is 0 Å². The maximum Gasteiger partial charge on any atom is 0.258 e. The summed E-state index contributed by atoms with van der Waals surface area (Å²) in [6.45, 7) is 2.31. The molecule has 0 bridgehead atoms. The largest absolute Gasteiger partial charge is 0.497 e. The van der Waals surface area contributed by atoms with Gasteiger partial charge >= 0.3 is 0 Å². The third-order valence-electron chi connectivity index (χ3n) is 9.77. The number of alkyl halides is 3. The van der Waals surface area contributed by atoms with Crippen LogP contribution in [0.3, 0.4) is 0 Å². The molecule has 0 saturated carbocycles. The van der Waals surface area contributed by atoms with Gasteiger partial charge in [0.25, 0.3) is 23.6 Å². The van der Waals surface area contributed by atoms with Crippen molar-refractivity contribution in [3.8, 4) is 11.5 Å². The van der Waals surface area contributed by atoms with E-state index in [1.807, 2.05) is 0 Å². The third-order valence-corrected chi connectivity index (χ3v) is 10.9. The Morgan fingerprint density at radius 1 is 0.529 bits per heavy atom. The first-order valence-electron chi connectivity index (χ1n) is 20.4. The van der Waals surface area contributed by atoms with Gasteiger partial charge < -0.3 is 30.7 Å². The van der Waals surface area contributed by atoms with E-state index in [9.17, 15) is 28.8 Å². The number of ether oxygens (including phenoxy) is 2. The SMILES string of the molecule is COc1ccc(CCCl)c(NC(=O)c2cc(Cl)cc(N=NC(C(C)=O)C(=O)Nc3ccc(NC(=O)C(N=Nc4cc(Cl)cc(C(=O)Nc5cc(OC)ccc5CCCl)c4)C(C)=O)c(CCl)c3)c2)c1. The highest BCUT2D eigenvalue weighted by Gasteiger charge is 2.26. The Labute approximate surface area is 416 Å². The van der Waals surface area contributed by atoms with Crippen molar-refractivity contribution in [2.45, 2.75) is 44.7 Å². The monoisotopic (exact) mass is 1020 g/mol. The van der Waals surface area contributed by atoms with Crippen molar-refractivity contribution < 1.29 is 38.2 Å². The van der Waals surface area contributed by atoms with E-state index in [2.05, 4.69) is 41.7 Å². The molecular formula is C47H43Cl5N8O8. The zero-order valence-corrected chi connectivity index (χ0v) is 40.6. The van der Waals surface area contributed by atoms with Gasteiger partial charge in [0, 0.05) is 73.7 Å². The van der Waals surface area contributed by atoms with Crippen molar-refractivity contribution >= 4 is 127 Å². The number of methoxy groups -OCH3 is 2. The lowest BCUT2D eigenvalue weighted by Crippen LogP contribution is -2.32. The molecule has 5 rings (SSSR count). The van der Waals surface area contributed by atoms with Gasteiger partial charge in [-0.05, 0) is 110 Å². The number of rotatable bonds is 21. The predicted molar refractivity (Wildman–Crippen MR) is 265 cm³/mol.